The molecule has 116 valence electrons. The van der Waals surface area contributed by atoms with Gasteiger partial charge in [0.25, 0.3) is 0 Å². The van der Waals surface area contributed by atoms with Gasteiger partial charge in [0.05, 0.1) is 0 Å². The van der Waals surface area contributed by atoms with Crippen LogP contribution in [-0.2, 0) is 4.74 Å². The number of rotatable bonds is 5. The van der Waals surface area contributed by atoms with Gasteiger partial charge in [-0.3, -0.25) is 4.90 Å². The van der Waals surface area contributed by atoms with Crippen LogP contribution >= 0.6 is 0 Å². The minimum absolute atomic E-state index is 0.186. The van der Waals surface area contributed by atoms with E-state index in [4.69, 9.17) is 10.5 Å². The Bertz CT molecular complexity index is 337. The maximum Gasteiger partial charge on any atom is 0.410 e. The van der Waals surface area contributed by atoms with E-state index in [2.05, 4.69) is 4.90 Å². The highest BCUT2D eigenvalue weighted by atomic mass is 16.6. The molecule has 2 N–H and O–H groups in total. The molecule has 1 saturated carbocycles. The zero-order chi connectivity index (χ0) is 14.8. The van der Waals surface area contributed by atoms with Crippen LogP contribution in [0.1, 0.15) is 46.5 Å². The average molecular weight is 283 g/mol. The molecule has 5 heteroatoms. The smallest absolute Gasteiger partial charge is 0.410 e. The molecule has 0 bridgehead atoms. The first kappa shape index (κ1) is 15.6. The van der Waals surface area contributed by atoms with Crippen LogP contribution in [0.25, 0.3) is 0 Å². The topological polar surface area (TPSA) is 58.8 Å². The van der Waals surface area contributed by atoms with Crippen molar-refractivity contribution in [3.63, 3.8) is 0 Å². The largest absolute Gasteiger partial charge is 0.444 e. The quantitative estimate of drug-likeness (QED) is 0.836. The molecular weight excluding hydrogens is 254 g/mol. The summed E-state index contributed by atoms with van der Waals surface area (Å²) in [6, 6.07) is 1.06. The van der Waals surface area contributed by atoms with Gasteiger partial charge >= 0.3 is 6.09 Å². The summed E-state index contributed by atoms with van der Waals surface area (Å²) in [5.41, 5.74) is 5.16. The van der Waals surface area contributed by atoms with Crippen LogP contribution in [0.15, 0.2) is 0 Å². The zero-order valence-electron chi connectivity index (χ0n) is 13.1. The fourth-order valence-electron chi connectivity index (χ4n) is 2.80. The lowest BCUT2D eigenvalue weighted by Gasteiger charge is -2.31. The Morgan fingerprint density at radius 3 is 2.60 bits per heavy atom. The zero-order valence-corrected chi connectivity index (χ0v) is 13.1. The number of ether oxygens (including phenoxy) is 1. The van der Waals surface area contributed by atoms with Crippen molar-refractivity contribution in [2.45, 2.75) is 64.1 Å². The van der Waals surface area contributed by atoms with Gasteiger partial charge in [0.15, 0.2) is 0 Å². The molecule has 0 radical (unpaired) electrons. The van der Waals surface area contributed by atoms with Gasteiger partial charge in [0.2, 0.25) is 0 Å². The van der Waals surface area contributed by atoms with Crippen LogP contribution in [0, 0.1) is 0 Å². The molecule has 1 saturated heterocycles. The number of hydrogen-bond acceptors (Lipinski definition) is 4. The molecule has 0 aromatic rings. The standard InChI is InChI=1S/C15H29N3O2/c1-15(2,3)20-14(19)18(9-4-8-16)13-7-10-17(11-13)12-5-6-12/h12-13H,4-11,16H2,1-3H3. The molecule has 1 unspecified atom stereocenters. The SMILES string of the molecule is CC(C)(C)OC(=O)N(CCCN)C1CCN(C2CC2)C1. The Morgan fingerprint density at radius 1 is 1.35 bits per heavy atom. The highest BCUT2D eigenvalue weighted by molar-refractivity contribution is 5.68. The molecule has 2 aliphatic rings. The highest BCUT2D eigenvalue weighted by Gasteiger charge is 2.38. The third-order valence-electron chi connectivity index (χ3n) is 3.93. The Hall–Kier alpha value is -0.810. The van der Waals surface area contributed by atoms with Gasteiger partial charge in [-0.05, 0) is 53.0 Å². The van der Waals surface area contributed by atoms with Crippen molar-refractivity contribution in [3.05, 3.63) is 0 Å². The van der Waals surface area contributed by atoms with Crippen LogP contribution in [0.4, 0.5) is 4.79 Å². The van der Waals surface area contributed by atoms with E-state index >= 15 is 0 Å². The molecular formula is C15H29N3O2. The second-order valence-corrected chi connectivity index (χ2v) is 6.98. The van der Waals surface area contributed by atoms with Crippen LogP contribution < -0.4 is 5.73 Å². The lowest BCUT2D eigenvalue weighted by molar-refractivity contribution is 0.0166. The average Bonchev–Trinajstić information content (AvgIpc) is 3.07. The van der Waals surface area contributed by atoms with Crippen LogP contribution in [0.5, 0.6) is 0 Å². The lowest BCUT2D eigenvalue weighted by Crippen LogP contribution is -2.45. The Kier molecular flexibility index (Phi) is 4.91. The Morgan fingerprint density at radius 2 is 2.05 bits per heavy atom. The minimum atomic E-state index is -0.438. The van der Waals surface area contributed by atoms with Gasteiger partial charge in [-0.2, -0.15) is 0 Å². The number of nitrogens with two attached hydrogens (primary N) is 1. The maximum absolute atomic E-state index is 12.4. The third-order valence-corrected chi connectivity index (χ3v) is 3.93. The maximum atomic E-state index is 12.4. The van der Waals surface area contributed by atoms with E-state index in [1.54, 1.807) is 0 Å². The second kappa shape index (κ2) is 6.31. The van der Waals surface area contributed by atoms with E-state index in [1.165, 1.54) is 12.8 Å². The van der Waals surface area contributed by atoms with E-state index in [0.29, 0.717) is 13.1 Å². The van der Waals surface area contributed by atoms with E-state index in [-0.39, 0.29) is 12.1 Å². The number of likely N-dealkylation sites (tertiary alicyclic amines) is 1. The normalized spacial score (nSPS) is 23.9. The first-order valence-corrected chi connectivity index (χ1v) is 7.84. The predicted molar refractivity (Wildman–Crippen MR) is 79.6 cm³/mol. The van der Waals surface area contributed by atoms with Crippen molar-refractivity contribution in [2.75, 3.05) is 26.2 Å². The van der Waals surface area contributed by atoms with Gasteiger partial charge in [0, 0.05) is 31.7 Å². The molecule has 1 atom stereocenters. The summed E-state index contributed by atoms with van der Waals surface area (Å²) in [6.07, 6.45) is 4.34. The summed E-state index contributed by atoms with van der Waals surface area (Å²) >= 11 is 0. The van der Waals surface area contributed by atoms with Crippen molar-refractivity contribution < 1.29 is 9.53 Å². The molecule has 0 aromatic heterocycles. The number of nitrogens with zero attached hydrogens (tertiary/aromatic N) is 2. The summed E-state index contributed by atoms with van der Waals surface area (Å²) in [5, 5.41) is 0. The predicted octanol–water partition coefficient (Wildman–Crippen LogP) is 1.81. The minimum Gasteiger partial charge on any atom is -0.444 e. The molecule has 1 aliphatic carbocycles. The highest BCUT2D eigenvalue weighted by Crippen LogP contribution is 2.31. The van der Waals surface area contributed by atoms with Crippen LogP contribution in [0.3, 0.4) is 0 Å². The molecule has 1 amide bonds. The van der Waals surface area contributed by atoms with E-state index in [0.717, 1.165) is 32.0 Å². The molecule has 2 fully saturated rings. The summed E-state index contributed by atoms with van der Waals surface area (Å²) < 4.78 is 5.55. The molecule has 1 heterocycles. The van der Waals surface area contributed by atoms with E-state index in [1.807, 2.05) is 25.7 Å². The number of hydrogen-bond donors (Lipinski definition) is 1. The van der Waals surface area contributed by atoms with E-state index in [9.17, 15) is 4.79 Å². The van der Waals surface area contributed by atoms with Gasteiger partial charge in [0.1, 0.15) is 5.60 Å². The van der Waals surface area contributed by atoms with Crippen molar-refractivity contribution in [2.24, 2.45) is 5.73 Å². The molecule has 0 spiro atoms. The van der Waals surface area contributed by atoms with Crippen molar-refractivity contribution >= 4 is 6.09 Å². The Labute approximate surface area is 122 Å². The molecule has 2 rings (SSSR count). The van der Waals surface area contributed by atoms with Crippen LogP contribution in [-0.4, -0.2) is 59.8 Å². The molecule has 1 aliphatic heterocycles. The first-order chi connectivity index (χ1) is 9.40. The number of carbonyl (C=O) groups excluding carboxylic acids is 1. The summed E-state index contributed by atoms with van der Waals surface area (Å²) in [6.45, 7) is 9.16. The Balaban J connectivity index is 1.93. The summed E-state index contributed by atoms with van der Waals surface area (Å²) in [7, 11) is 0. The van der Waals surface area contributed by atoms with Gasteiger partial charge < -0.3 is 15.4 Å². The first-order valence-electron chi connectivity index (χ1n) is 7.84. The third kappa shape index (κ3) is 4.35. The van der Waals surface area contributed by atoms with Crippen molar-refractivity contribution in [3.8, 4) is 0 Å². The second-order valence-electron chi connectivity index (χ2n) is 6.98. The number of amides is 1. The molecule has 0 aromatic carbocycles. The van der Waals surface area contributed by atoms with Crippen LogP contribution in [0.2, 0.25) is 0 Å². The van der Waals surface area contributed by atoms with Gasteiger partial charge in [-0.25, -0.2) is 4.79 Å². The fraction of sp³-hybridized carbons (Fsp3) is 0.933. The summed E-state index contributed by atoms with van der Waals surface area (Å²) in [5.74, 6) is 0. The van der Waals surface area contributed by atoms with Gasteiger partial charge in [-0.15, -0.1) is 0 Å². The van der Waals surface area contributed by atoms with E-state index < -0.39 is 5.60 Å². The monoisotopic (exact) mass is 283 g/mol. The van der Waals surface area contributed by atoms with Crippen molar-refractivity contribution in [1.82, 2.24) is 9.80 Å². The fourth-order valence-corrected chi connectivity index (χ4v) is 2.80. The van der Waals surface area contributed by atoms with Crippen molar-refractivity contribution in [1.29, 1.82) is 0 Å². The van der Waals surface area contributed by atoms with Gasteiger partial charge in [-0.1, -0.05) is 0 Å². The molecule has 5 nitrogen and oxygen atoms in total. The molecule has 20 heavy (non-hydrogen) atoms. The summed E-state index contributed by atoms with van der Waals surface area (Å²) in [4.78, 5) is 16.8. The lowest BCUT2D eigenvalue weighted by atomic mass is 10.2. The number of carbonyl (C=O) groups is 1.